The van der Waals surface area contributed by atoms with Gasteiger partial charge in [0.1, 0.15) is 0 Å². The predicted octanol–water partition coefficient (Wildman–Crippen LogP) is 4.50. The van der Waals surface area contributed by atoms with Crippen molar-refractivity contribution in [3.05, 3.63) is 23.8 Å². The van der Waals surface area contributed by atoms with Gasteiger partial charge in [0.2, 0.25) is 0 Å². The third kappa shape index (κ3) is 5.29. The first-order valence-corrected chi connectivity index (χ1v) is 6.02. The minimum atomic E-state index is -4.66. The van der Waals surface area contributed by atoms with Gasteiger partial charge >= 0.3 is 6.36 Å². The van der Waals surface area contributed by atoms with Crippen LogP contribution >= 0.6 is 0 Å². The first-order valence-electron chi connectivity index (χ1n) is 6.02. The molecule has 0 saturated heterocycles. The lowest BCUT2D eigenvalue weighted by molar-refractivity contribution is -0.274. The van der Waals surface area contributed by atoms with Gasteiger partial charge in [-0.15, -0.1) is 13.2 Å². The van der Waals surface area contributed by atoms with Crippen molar-refractivity contribution in [1.29, 1.82) is 0 Å². The average molecular weight is 261 g/mol. The molecule has 102 valence electrons. The van der Waals surface area contributed by atoms with E-state index in [0.29, 0.717) is 12.2 Å². The molecule has 0 heterocycles. The highest BCUT2D eigenvalue weighted by Gasteiger charge is 2.32. The second kappa shape index (κ2) is 6.52. The molecule has 0 amide bonds. The summed E-state index contributed by atoms with van der Waals surface area (Å²) in [5.74, 6) is -0.168. The number of anilines is 1. The molecule has 1 N–H and O–H groups in total. The Labute approximate surface area is 105 Å². The molecule has 2 nitrogen and oxygen atoms in total. The van der Waals surface area contributed by atoms with E-state index in [4.69, 9.17) is 0 Å². The van der Waals surface area contributed by atoms with Gasteiger partial charge in [-0.1, -0.05) is 25.8 Å². The van der Waals surface area contributed by atoms with Crippen LogP contribution in [0.25, 0.3) is 0 Å². The smallest absolute Gasteiger partial charge is 0.404 e. The van der Waals surface area contributed by atoms with E-state index in [2.05, 4.69) is 17.0 Å². The van der Waals surface area contributed by atoms with Crippen molar-refractivity contribution in [3.8, 4) is 5.75 Å². The summed E-state index contributed by atoms with van der Waals surface area (Å²) in [4.78, 5) is 0. The molecular formula is C13H18F3NO. The van der Waals surface area contributed by atoms with Crippen molar-refractivity contribution in [2.24, 2.45) is 0 Å². The van der Waals surface area contributed by atoms with E-state index >= 15 is 0 Å². The summed E-state index contributed by atoms with van der Waals surface area (Å²) in [7, 11) is 0. The van der Waals surface area contributed by atoms with Crippen molar-refractivity contribution < 1.29 is 17.9 Å². The van der Waals surface area contributed by atoms with Crippen LogP contribution in [0.5, 0.6) is 5.75 Å². The third-order valence-corrected chi connectivity index (χ3v) is 2.46. The van der Waals surface area contributed by atoms with Gasteiger partial charge in [-0.3, -0.25) is 0 Å². The van der Waals surface area contributed by atoms with E-state index in [1.54, 1.807) is 19.1 Å². The van der Waals surface area contributed by atoms with Gasteiger partial charge in [-0.2, -0.15) is 0 Å². The molecule has 0 aliphatic heterocycles. The quantitative estimate of drug-likeness (QED) is 0.761. The maximum Gasteiger partial charge on any atom is 0.573 e. The number of rotatable bonds is 6. The maximum absolute atomic E-state index is 12.2. The number of unbranched alkanes of at least 4 members (excludes halogenated alkanes) is 2. The van der Waals surface area contributed by atoms with Crippen LogP contribution in [0.3, 0.4) is 0 Å². The van der Waals surface area contributed by atoms with E-state index in [1.165, 1.54) is 6.07 Å². The van der Waals surface area contributed by atoms with Crippen LogP contribution in [0.15, 0.2) is 18.2 Å². The molecule has 0 spiro atoms. The third-order valence-electron chi connectivity index (χ3n) is 2.46. The minimum absolute atomic E-state index is 0.168. The highest BCUT2D eigenvalue weighted by Crippen LogP contribution is 2.31. The largest absolute Gasteiger partial charge is 0.573 e. The maximum atomic E-state index is 12.2. The normalized spacial score (nSPS) is 11.4. The monoisotopic (exact) mass is 261 g/mol. The lowest BCUT2D eigenvalue weighted by atomic mass is 10.2. The summed E-state index contributed by atoms with van der Waals surface area (Å²) in [6, 6.07) is 4.75. The number of benzene rings is 1. The number of nitrogens with one attached hydrogen (secondary N) is 1. The first-order chi connectivity index (χ1) is 8.42. The predicted molar refractivity (Wildman–Crippen MR) is 65.9 cm³/mol. The van der Waals surface area contributed by atoms with Crippen LogP contribution in [-0.4, -0.2) is 12.9 Å². The summed E-state index contributed by atoms with van der Waals surface area (Å²) in [5.41, 5.74) is 1.11. The molecule has 0 bridgehead atoms. The van der Waals surface area contributed by atoms with Gasteiger partial charge in [-0.05, 0) is 31.0 Å². The summed E-state index contributed by atoms with van der Waals surface area (Å²) >= 11 is 0. The van der Waals surface area contributed by atoms with Crippen LogP contribution in [0.2, 0.25) is 0 Å². The van der Waals surface area contributed by atoms with Crippen molar-refractivity contribution in [1.82, 2.24) is 0 Å². The zero-order chi connectivity index (χ0) is 13.6. The van der Waals surface area contributed by atoms with Crippen LogP contribution in [0.4, 0.5) is 18.9 Å². The Morgan fingerprint density at radius 2 is 1.94 bits per heavy atom. The van der Waals surface area contributed by atoms with Crippen LogP contribution in [0.1, 0.15) is 31.7 Å². The molecule has 1 aromatic carbocycles. The number of ether oxygens (including phenoxy) is 1. The summed E-state index contributed by atoms with van der Waals surface area (Å²) < 4.78 is 40.7. The molecule has 1 rings (SSSR count). The summed E-state index contributed by atoms with van der Waals surface area (Å²) in [5, 5.41) is 2.97. The molecular weight excluding hydrogens is 243 g/mol. The van der Waals surface area contributed by atoms with Gasteiger partial charge < -0.3 is 10.1 Å². The highest BCUT2D eigenvalue weighted by atomic mass is 19.4. The number of hydrogen-bond donors (Lipinski definition) is 1. The molecule has 1 aromatic rings. The Bertz CT molecular complexity index is 377. The Morgan fingerprint density at radius 3 is 2.56 bits per heavy atom. The molecule has 18 heavy (non-hydrogen) atoms. The summed E-state index contributed by atoms with van der Waals surface area (Å²) in [6.45, 7) is 4.44. The van der Waals surface area contributed by atoms with Gasteiger partial charge in [0.15, 0.2) is 5.75 Å². The highest BCUT2D eigenvalue weighted by molar-refractivity contribution is 5.57. The van der Waals surface area contributed by atoms with Gasteiger partial charge in [0.25, 0.3) is 0 Å². The molecule has 5 heteroatoms. The van der Waals surface area contributed by atoms with Crippen LogP contribution in [-0.2, 0) is 0 Å². The van der Waals surface area contributed by atoms with Gasteiger partial charge in [0, 0.05) is 6.54 Å². The van der Waals surface area contributed by atoms with Crippen LogP contribution in [0, 0.1) is 6.92 Å². The molecule has 0 aromatic heterocycles. The Kier molecular flexibility index (Phi) is 5.31. The van der Waals surface area contributed by atoms with E-state index < -0.39 is 6.36 Å². The second-order valence-corrected chi connectivity index (χ2v) is 4.18. The zero-order valence-electron chi connectivity index (χ0n) is 10.6. The van der Waals surface area contributed by atoms with E-state index in [9.17, 15) is 13.2 Å². The summed E-state index contributed by atoms with van der Waals surface area (Å²) in [6.07, 6.45) is -1.61. The second-order valence-electron chi connectivity index (χ2n) is 4.18. The van der Waals surface area contributed by atoms with Gasteiger partial charge in [-0.25, -0.2) is 0 Å². The van der Waals surface area contributed by atoms with E-state index in [-0.39, 0.29) is 5.75 Å². The fourth-order valence-electron chi connectivity index (χ4n) is 1.58. The van der Waals surface area contributed by atoms with Crippen molar-refractivity contribution >= 4 is 5.69 Å². The molecule has 0 aliphatic rings. The molecule has 0 aliphatic carbocycles. The van der Waals surface area contributed by atoms with Crippen LogP contribution < -0.4 is 10.1 Å². The molecule has 0 unspecified atom stereocenters. The average Bonchev–Trinajstić information content (AvgIpc) is 2.24. The van der Waals surface area contributed by atoms with E-state index in [0.717, 1.165) is 24.8 Å². The topological polar surface area (TPSA) is 21.3 Å². The molecule has 0 radical (unpaired) electrons. The Morgan fingerprint density at radius 1 is 1.22 bits per heavy atom. The number of halogens is 3. The molecule has 0 atom stereocenters. The number of alkyl halides is 3. The fraction of sp³-hybridized carbons (Fsp3) is 0.538. The fourth-order valence-corrected chi connectivity index (χ4v) is 1.58. The lowest BCUT2D eigenvalue weighted by Gasteiger charge is -2.15. The number of hydrogen-bond acceptors (Lipinski definition) is 2. The Balaban J connectivity index is 2.70. The first kappa shape index (κ1) is 14.7. The standard InChI is InChI=1S/C13H18F3NO/c1-3-4-5-8-17-11-7-6-10(2)9-12(11)18-13(14,15)16/h6-7,9,17H,3-5,8H2,1-2H3. The lowest BCUT2D eigenvalue weighted by Crippen LogP contribution is -2.18. The van der Waals surface area contributed by atoms with Gasteiger partial charge in [0.05, 0.1) is 5.69 Å². The van der Waals surface area contributed by atoms with Crippen molar-refractivity contribution in [2.75, 3.05) is 11.9 Å². The SMILES string of the molecule is CCCCCNc1ccc(C)cc1OC(F)(F)F. The zero-order valence-corrected chi connectivity index (χ0v) is 10.6. The minimum Gasteiger partial charge on any atom is -0.404 e. The van der Waals surface area contributed by atoms with Crippen molar-refractivity contribution in [3.63, 3.8) is 0 Å². The Hall–Kier alpha value is -1.39. The molecule has 0 saturated carbocycles. The molecule has 0 fully saturated rings. The van der Waals surface area contributed by atoms with Crippen molar-refractivity contribution in [2.45, 2.75) is 39.5 Å². The van der Waals surface area contributed by atoms with E-state index in [1.807, 2.05) is 0 Å². The number of aryl methyl sites for hydroxylation is 1.